The van der Waals surface area contributed by atoms with Crippen LogP contribution in [0.1, 0.15) is 10.4 Å². The number of hydrogen-bond donors (Lipinski definition) is 0. The molecule has 0 radical (unpaired) electrons. The molecule has 1 fully saturated rings. The Morgan fingerprint density at radius 1 is 1.35 bits per heavy atom. The molecular weight excluding hydrogens is 325 g/mol. The van der Waals surface area contributed by atoms with Crippen molar-refractivity contribution >= 4 is 44.6 Å². The Labute approximate surface area is 127 Å². The summed E-state index contributed by atoms with van der Waals surface area (Å²) in [7, 11) is -1.21. The van der Waals surface area contributed by atoms with Crippen LogP contribution in [0.25, 0.3) is 0 Å². The summed E-state index contributed by atoms with van der Waals surface area (Å²) in [5.41, 5.74) is 0.315. The minimum atomic E-state index is -2.46. The summed E-state index contributed by atoms with van der Waals surface area (Å²) in [5.74, 6) is 0.0505. The molecule has 110 valence electrons. The van der Waals surface area contributed by atoms with E-state index < -0.39 is 15.7 Å². The van der Waals surface area contributed by atoms with Gasteiger partial charge in [0.1, 0.15) is 5.69 Å². The second-order valence-corrected chi connectivity index (χ2v) is 7.46. The molecule has 2 rings (SSSR count). The van der Waals surface area contributed by atoms with E-state index in [0.29, 0.717) is 24.7 Å². The fourth-order valence-corrected chi connectivity index (χ4v) is 4.03. The zero-order chi connectivity index (χ0) is 14.8. The highest BCUT2D eigenvalue weighted by molar-refractivity contribution is 7.93. The Morgan fingerprint density at radius 2 is 2.00 bits per heavy atom. The van der Waals surface area contributed by atoms with Gasteiger partial charge in [0.15, 0.2) is 0 Å². The average Bonchev–Trinajstić information content (AvgIpc) is 2.43. The van der Waals surface area contributed by atoms with Gasteiger partial charge in [-0.05, 0) is 12.1 Å². The van der Waals surface area contributed by atoms with E-state index in [0.717, 1.165) is 0 Å². The Bertz CT molecular complexity index is 641. The summed E-state index contributed by atoms with van der Waals surface area (Å²) in [6, 6.07) is 2.94. The van der Waals surface area contributed by atoms with Crippen molar-refractivity contribution in [2.45, 2.75) is 0 Å². The topological polar surface area (TPSA) is 65.0 Å². The first kappa shape index (κ1) is 15.6. The number of halogens is 2. The van der Waals surface area contributed by atoms with E-state index in [4.69, 9.17) is 27.9 Å². The molecular formula is C12H13Cl2NO4S. The minimum absolute atomic E-state index is 0.0542. The molecule has 1 aromatic rings. The maximum absolute atomic E-state index is 12.5. The highest BCUT2D eigenvalue weighted by Crippen LogP contribution is 2.37. The lowest BCUT2D eigenvalue weighted by molar-refractivity contribution is 0.0601. The van der Waals surface area contributed by atoms with Gasteiger partial charge in [-0.25, -0.2) is 9.00 Å². The molecule has 0 aromatic heterocycles. The van der Waals surface area contributed by atoms with E-state index in [1.54, 1.807) is 0 Å². The van der Waals surface area contributed by atoms with Crippen LogP contribution in [0, 0.1) is 0 Å². The lowest BCUT2D eigenvalue weighted by Crippen LogP contribution is -2.25. The molecule has 1 aliphatic rings. The molecule has 20 heavy (non-hydrogen) atoms. The van der Waals surface area contributed by atoms with Gasteiger partial charge in [-0.2, -0.15) is 4.36 Å². The lowest BCUT2D eigenvalue weighted by atomic mass is 10.2. The second kappa shape index (κ2) is 6.30. The SMILES string of the molecule is COC(=O)c1ccc(Cl)c(N=S2(=O)CCOCC2)c1Cl. The molecule has 0 unspecified atom stereocenters. The fourth-order valence-electron chi connectivity index (χ4n) is 1.73. The normalized spacial score (nSPS) is 17.6. The van der Waals surface area contributed by atoms with Crippen LogP contribution < -0.4 is 0 Å². The van der Waals surface area contributed by atoms with Gasteiger partial charge in [0.25, 0.3) is 0 Å². The molecule has 5 nitrogen and oxygen atoms in total. The highest BCUT2D eigenvalue weighted by Gasteiger charge is 2.20. The summed E-state index contributed by atoms with van der Waals surface area (Å²) < 4.78 is 26.5. The monoisotopic (exact) mass is 337 g/mol. The van der Waals surface area contributed by atoms with Crippen molar-refractivity contribution < 1.29 is 18.5 Å². The van der Waals surface area contributed by atoms with Crippen molar-refractivity contribution in [2.75, 3.05) is 31.8 Å². The summed E-state index contributed by atoms with van der Waals surface area (Å²) >= 11 is 12.2. The fraction of sp³-hybridized carbons (Fsp3) is 0.417. The van der Waals surface area contributed by atoms with E-state index in [-0.39, 0.29) is 21.3 Å². The number of hydrogen-bond acceptors (Lipinski definition) is 5. The number of rotatable bonds is 2. The summed E-state index contributed by atoms with van der Waals surface area (Å²) in [5, 5.41) is 0.301. The largest absolute Gasteiger partial charge is 0.465 e. The Balaban J connectivity index is 2.54. The predicted molar refractivity (Wildman–Crippen MR) is 78.6 cm³/mol. The van der Waals surface area contributed by atoms with E-state index in [1.807, 2.05) is 0 Å². The highest BCUT2D eigenvalue weighted by atomic mass is 35.5. The van der Waals surface area contributed by atoms with Crippen LogP contribution in [-0.2, 0) is 19.2 Å². The lowest BCUT2D eigenvalue weighted by Gasteiger charge is -2.17. The quantitative estimate of drug-likeness (QED) is 0.778. The molecule has 0 bridgehead atoms. The van der Waals surface area contributed by atoms with E-state index in [9.17, 15) is 9.00 Å². The van der Waals surface area contributed by atoms with Crippen LogP contribution in [0.15, 0.2) is 16.5 Å². The smallest absolute Gasteiger partial charge is 0.339 e. The first-order valence-electron chi connectivity index (χ1n) is 5.83. The zero-order valence-electron chi connectivity index (χ0n) is 10.7. The van der Waals surface area contributed by atoms with Crippen LogP contribution in [0.3, 0.4) is 0 Å². The molecule has 1 aromatic carbocycles. The van der Waals surface area contributed by atoms with E-state index in [1.165, 1.54) is 19.2 Å². The van der Waals surface area contributed by atoms with Crippen molar-refractivity contribution in [1.82, 2.24) is 0 Å². The molecule has 1 saturated heterocycles. The Hall–Kier alpha value is -0.820. The van der Waals surface area contributed by atoms with Gasteiger partial charge in [-0.15, -0.1) is 0 Å². The summed E-state index contributed by atoms with van der Waals surface area (Å²) in [6.45, 7) is 0.766. The summed E-state index contributed by atoms with van der Waals surface area (Å²) in [6.07, 6.45) is 0. The third-order valence-electron chi connectivity index (χ3n) is 2.82. The number of nitrogens with zero attached hydrogens (tertiary/aromatic N) is 1. The van der Waals surface area contributed by atoms with Crippen molar-refractivity contribution in [2.24, 2.45) is 4.36 Å². The minimum Gasteiger partial charge on any atom is -0.465 e. The molecule has 0 spiro atoms. The number of ether oxygens (including phenoxy) is 2. The Morgan fingerprint density at radius 3 is 2.60 bits per heavy atom. The van der Waals surface area contributed by atoms with Crippen LogP contribution in [0.5, 0.6) is 0 Å². The van der Waals surface area contributed by atoms with Gasteiger partial charge >= 0.3 is 5.97 Å². The van der Waals surface area contributed by atoms with Gasteiger partial charge in [0.05, 0.1) is 57.2 Å². The van der Waals surface area contributed by atoms with Gasteiger partial charge in [0, 0.05) is 0 Å². The molecule has 0 amide bonds. The van der Waals surface area contributed by atoms with Crippen molar-refractivity contribution in [3.05, 3.63) is 27.7 Å². The second-order valence-electron chi connectivity index (χ2n) is 4.13. The summed E-state index contributed by atoms with van der Waals surface area (Å²) in [4.78, 5) is 11.6. The first-order chi connectivity index (χ1) is 9.47. The molecule has 0 saturated carbocycles. The number of esters is 1. The number of carbonyl (C=O) groups excluding carboxylic acids is 1. The van der Waals surface area contributed by atoms with Gasteiger partial charge in [0.2, 0.25) is 0 Å². The standard InChI is InChI=1S/C12H13Cl2NO4S/c1-18-12(16)8-2-3-9(13)11(10(8)14)15-20(17)6-4-19-5-7-20/h2-3H,4-7H2,1H3. The molecule has 8 heteroatoms. The third kappa shape index (κ3) is 3.25. The molecule has 1 aliphatic heterocycles. The van der Waals surface area contributed by atoms with Crippen molar-refractivity contribution in [1.29, 1.82) is 0 Å². The van der Waals surface area contributed by atoms with Crippen LogP contribution in [0.4, 0.5) is 5.69 Å². The van der Waals surface area contributed by atoms with Gasteiger partial charge in [-0.1, -0.05) is 23.2 Å². The van der Waals surface area contributed by atoms with E-state index in [2.05, 4.69) is 9.10 Å². The third-order valence-corrected chi connectivity index (χ3v) is 5.64. The van der Waals surface area contributed by atoms with Crippen molar-refractivity contribution in [3.63, 3.8) is 0 Å². The maximum atomic E-state index is 12.5. The molecule has 0 atom stereocenters. The predicted octanol–water partition coefficient (Wildman–Crippen LogP) is 2.91. The van der Waals surface area contributed by atoms with E-state index >= 15 is 0 Å². The van der Waals surface area contributed by atoms with Crippen LogP contribution in [0.2, 0.25) is 10.0 Å². The average molecular weight is 338 g/mol. The van der Waals surface area contributed by atoms with Gasteiger partial charge in [-0.3, -0.25) is 0 Å². The Kier molecular flexibility index (Phi) is 4.90. The van der Waals surface area contributed by atoms with Crippen molar-refractivity contribution in [3.8, 4) is 0 Å². The zero-order valence-corrected chi connectivity index (χ0v) is 13.1. The van der Waals surface area contributed by atoms with Crippen LogP contribution in [-0.4, -0.2) is 42.0 Å². The molecule has 1 heterocycles. The number of carbonyl (C=O) groups is 1. The number of methoxy groups -OCH3 is 1. The van der Waals surface area contributed by atoms with Crippen LogP contribution >= 0.6 is 23.2 Å². The van der Waals surface area contributed by atoms with Gasteiger partial charge < -0.3 is 9.47 Å². The maximum Gasteiger partial charge on any atom is 0.339 e. The molecule has 0 aliphatic carbocycles. The molecule has 0 N–H and O–H groups in total. The number of benzene rings is 1. The first-order valence-corrected chi connectivity index (χ1v) is 8.44.